The summed E-state index contributed by atoms with van der Waals surface area (Å²) in [6.07, 6.45) is 2.65. The third kappa shape index (κ3) is 2.08. The van der Waals surface area contributed by atoms with Crippen LogP contribution in [0.2, 0.25) is 0 Å². The molecule has 4 heteroatoms. The van der Waals surface area contributed by atoms with Crippen LogP contribution in [0.4, 0.5) is 0 Å². The van der Waals surface area contributed by atoms with Gasteiger partial charge in [0.25, 0.3) is 0 Å². The van der Waals surface area contributed by atoms with Gasteiger partial charge in [0, 0.05) is 11.8 Å². The quantitative estimate of drug-likeness (QED) is 0.889. The monoisotopic (exact) mass is 235 g/mol. The van der Waals surface area contributed by atoms with Crippen LogP contribution in [0.5, 0.6) is 5.75 Å². The minimum absolute atomic E-state index is 0.631. The topological polar surface area (TPSA) is 42.4 Å². The number of aromatic nitrogens is 1. The molecule has 0 saturated carbocycles. The first-order valence-electron chi connectivity index (χ1n) is 4.92. The molecule has 2 aromatic rings. The van der Waals surface area contributed by atoms with E-state index >= 15 is 0 Å². The second-order valence-corrected chi connectivity index (χ2v) is 4.31. The molecule has 1 atom stereocenters. The van der Waals surface area contributed by atoms with Gasteiger partial charge in [0.05, 0.1) is 13.3 Å². The lowest BCUT2D eigenvalue weighted by Crippen LogP contribution is -2.01. The van der Waals surface area contributed by atoms with Crippen molar-refractivity contribution in [2.24, 2.45) is 0 Å². The SMILES string of the molecule is COc1cncc(C(O)c2cscc2C)c1. The highest BCUT2D eigenvalue weighted by atomic mass is 32.1. The molecular weight excluding hydrogens is 222 g/mol. The molecule has 0 spiro atoms. The fourth-order valence-electron chi connectivity index (χ4n) is 1.53. The first kappa shape index (κ1) is 11.1. The second kappa shape index (κ2) is 4.63. The number of pyridine rings is 1. The van der Waals surface area contributed by atoms with Gasteiger partial charge in [-0.1, -0.05) is 0 Å². The van der Waals surface area contributed by atoms with Crippen LogP contribution in [0.1, 0.15) is 22.8 Å². The van der Waals surface area contributed by atoms with Crippen molar-refractivity contribution in [1.82, 2.24) is 4.98 Å². The molecule has 1 unspecified atom stereocenters. The maximum Gasteiger partial charge on any atom is 0.137 e. The van der Waals surface area contributed by atoms with Crippen LogP contribution in [0.25, 0.3) is 0 Å². The van der Waals surface area contributed by atoms with E-state index in [0.717, 1.165) is 16.7 Å². The van der Waals surface area contributed by atoms with Crippen LogP contribution < -0.4 is 4.74 Å². The van der Waals surface area contributed by atoms with Crippen molar-refractivity contribution in [1.29, 1.82) is 0 Å². The first-order chi connectivity index (χ1) is 7.72. The van der Waals surface area contributed by atoms with Gasteiger partial charge in [-0.3, -0.25) is 4.98 Å². The minimum atomic E-state index is -0.631. The Hall–Kier alpha value is -1.39. The Morgan fingerprint density at radius 1 is 1.38 bits per heavy atom. The molecule has 84 valence electrons. The molecular formula is C12H13NO2S. The van der Waals surface area contributed by atoms with E-state index < -0.39 is 6.10 Å². The summed E-state index contributed by atoms with van der Waals surface area (Å²) >= 11 is 1.59. The molecule has 0 saturated heterocycles. The number of aryl methyl sites for hydroxylation is 1. The van der Waals surface area contributed by atoms with Gasteiger partial charge in [-0.05, 0) is 34.9 Å². The number of thiophene rings is 1. The van der Waals surface area contributed by atoms with Crippen molar-refractivity contribution < 1.29 is 9.84 Å². The van der Waals surface area contributed by atoms with Gasteiger partial charge >= 0.3 is 0 Å². The first-order valence-corrected chi connectivity index (χ1v) is 5.86. The van der Waals surface area contributed by atoms with Crippen LogP contribution in [-0.2, 0) is 0 Å². The summed E-state index contributed by atoms with van der Waals surface area (Å²) in [6.45, 7) is 1.99. The summed E-state index contributed by atoms with van der Waals surface area (Å²) in [4.78, 5) is 4.03. The van der Waals surface area contributed by atoms with Crippen LogP contribution >= 0.6 is 11.3 Å². The van der Waals surface area contributed by atoms with Crippen LogP contribution in [0, 0.1) is 6.92 Å². The fraction of sp³-hybridized carbons (Fsp3) is 0.250. The summed E-state index contributed by atoms with van der Waals surface area (Å²) < 4.78 is 5.08. The molecule has 0 aliphatic heterocycles. The van der Waals surface area contributed by atoms with Gasteiger partial charge < -0.3 is 9.84 Å². The molecule has 0 radical (unpaired) electrons. The second-order valence-electron chi connectivity index (χ2n) is 3.57. The van der Waals surface area contributed by atoms with E-state index in [0.29, 0.717) is 5.75 Å². The maximum absolute atomic E-state index is 10.2. The van der Waals surface area contributed by atoms with Crippen molar-refractivity contribution in [2.45, 2.75) is 13.0 Å². The standard InChI is InChI=1S/C12H13NO2S/c1-8-6-16-7-11(8)12(14)9-3-10(15-2)5-13-4-9/h3-7,12,14H,1-2H3. The summed E-state index contributed by atoms with van der Waals surface area (Å²) in [5.74, 6) is 0.657. The maximum atomic E-state index is 10.2. The molecule has 0 bridgehead atoms. The van der Waals surface area contributed by atoms with Crippen LogP contribution in [0.15, 0.2) is 29.2 Å². The van der Waals surface area contributed by atoms with Gasteiger partial charge in [0.1, 0.15) is 11.9 Å². The van der Waals surface area contributed by atoms with E-state index in [1.165, 1.54) is 0 Å². The molecule has 2 aromatic heterocycles. The number of methoxy groups -OCH3 is 1. The summed E-state index contributed by atoms with van der Waals surface area (Å²) in [5.41, 5.74) is 2.78. The van der Waals surface area contributed by atoms with Crippen molar-refractivity contribution in [3.63, 3.8) is 0 Å². The van der Waals surface area contributed by atoms with Crippen molar-refractivity contribution in [3.8, 4) is 5.75 Å². The average molecular weight is 235 g/mol. The lowest BCUT2D eigenvalue weighted by atomic mass is 10.0. The molecule has 0 fully saturated rings. The number of aliphatic hydroxyl groups excluding tert-OH is 1. The molecule has 2 heterocycles. The van der Waals surface area contributed by atoms with E-state index in [9.17, 15) is 5.11 Å². The Kier molecular flexibility index (Phi) is 3.22. The largest absolute Gasteiger partial charge is 0.495 e. The highest BCUT2D eigenvalue weighted by molar-refractivity contribution is 7.08. The molecule has 0 aliphatic carbocycles. The van der Waals surface area contributed by atoms with Gasteiger partial charge in [-0.25, -0.2) is 0 Å². The Morgan fingerprint density at radius 3 is 2.81 bits per heavy atom. The number of rotatable bonds is 3. The molecule has 0 aliphatic rings. The predicted molar refractivity (Wildman–Crippen MR) is 63.9 cm³/mol. The number of nitrogens with zero attached hydrogens (tertiary/aromatic N) is 1. The highest BCUT2D eigenvalue weighted by Crippen LogP contribution is 2.28. The zero-order valence-corrected chi connectivity index (χ0v) is 9.99. The van der Waals surface area contributed by atoms with Crippen molar-refractivity contribution in [2.75, 3.05) is 7.11 Å². The predicted octanol–water partition coefficient (Wildman–Crippen LogP) is 2.54. The minimum Gasteiger partial charge on any atom is -0.495 e. The Bertz CT molecular complexity index is 481. The molecule has 0 amide bonds. The van der Waals surface area contributed by atoms with Gasteiger partial charge in [0.2, 0.25) is 0 Å². The van der Waals surface area contributed by atoms with Gasteiger partial charge in [-0.2, -0.15) is 11.3 Å². The summed E-state index contributed by atoms with van der Waals surface area (Å²) in [5, 5.41) is 14.2. The van der Waals surface area contributed by atoms with E-state index in [2.05, 4.69) is 4.98 Å². The van der Waals surface area contributed by atoms with E-state index in [1.54, 1.807) is 36.9 Å². The van der Waals surface area contributed by atoms with E-state index in [1.807, 2.05) is 17.7 Å². The Labute approximate surface area is 98.4 Å². The smallest absolute Gasteiger partial charge is 0.137 e. The third-order valence-electron chi connectivity index (χ3n) is 2.48. The molecule has 0 aromatic carbocycles. The molecule has 3 nitrogen and oxygen atoms in total. The Morgan fingerprint density at radius 2 is 2.19 bits per heavy atom. The molecule has 1 N–H and O–H groups in total. The van der Waals surface area contributed by atoms with E-state index in [-0.39, 0.29) is 0 Å². The molecule has 16 heavy (non-hydrogen) atoms. The number of hydrogen-bond acceptors (Lipinski definition) is 4. The highest BCUT2D eigenvalue weighted by Gasteiger charge is 2.14. The van der Waals surface area contributed by atoms with Crippen molar-refractivity contribution in [3.05, 3.63) is 45.9 Å². The van der Waals surface area contributed by atoms with Gasteiger partial charge in [0.15, 0.2) is 0 Å². The summed E-state index contributed by atoms with van der Waals surface area (Å²) in [6, 6.07) is 1.80. The zero-order valence-electron chi connectivity index (χ0n) is 9.18. The summed E-state index contributed by atoms with van der Waals surface area (Å²) in [7, 11) is 1.59. The third-order valence-corrected chi connectivity index (χ3v) is 3.36. The molecule has 2 rings (SSSR count). The zero-order chi connectivity index (χ0) is 11.5. The Balaban J connectivity index is 2.33. The lowest BCUT2D eigenvalue weighted by molar-refractivity contribution is 0.219. The van der Waals surface area contributed by atoms with Crippen LogP contribution in [0.3, 0.4) is 0 Å². The van der Waals surface area contributed by atoms with Crippen LogP contribution in [-0.4, -0.2) is 17.2 Å². The number of ether oxygens (including phenoxy) is 1. The van der Waals surface area contributed by atoms with E-state index in [4.69, 9.17) is 4.74 Å². The normalized spacial score (nSPS) is 12.4. The number of hydrogen-bond donors (Lipinski definition) is 1. The fourth-order valence-corrected chi connectivity index (χ4v) is 2.40. The lowest BCUT2D eigenvalue weighted by Gasteiger charge is -2.11. The van der Waals surface area contributed by atoms with Crippen molar-refractivity contribution >= 4 is 11.3 Å². The number of aliphatic hydroxyl groups is 1. The average Bonchev–Trinajstić information content (AvgIpc) is 2.74. The van der Waals surface area contributed by atoms with Gasteiger partial charge in [-0.15, -0.1) is 0 Å².